The lowest BCUT2D eigenvalue weighted by Crippen LogP contribution is -2.56. The highest BCUT2D eigenvalue weighted by molar-refractivity contribution is 5.94. The van der Waals surface area contributed by atoms with Crippen LogP contribution in [0.5, 0.6) is 0 Å². The molecule has 0 atom stereocenters. The number of piperidine rings is 1. The number of halogens is 1. The molecule has 0 spiro atoms. The van der Waals surface area contributed by atoms with Crippen molar-refractivity contribution in [3.63, 3.8) is 0 Å². The Morgan fingerprint density at radius 1 is 1.14 bits per heavy atom. The second-order valence-electron chi connectivity index (χ2n) is 7.57. The highest BCUT2D eigenvalue weighted by Gasteiger charge is 2.45. The Labute approximate surface area is 164 Å². The molecular weight excluding hydrogens is 363 g/mol. The quantitative estimate of drug-likeness (QED) is 0.785. The second-order valence-corrected chi connectivity index (χ2v) is 7.57. The van der Waals surface area contributed by atoms with Crippen LogP contribution >= 0.6 is 0 Å². The zero-order valence-corrected chi connectivity index (χ0v) is 16.2. The number of carbonyl (C=O) groups is 3. The lowest BCUT2D eigenvalue weighted by atomic mass is 9.91. The molecule has 3 rings (SSSR count). The van der Waals surface area contributed by atoms with E-state index in [0.29, 0.717) is 50.9 Å². The molecule has 1 aliphatic carbocycles. The van der Waals surface area contributed by atoms with Gasteiger partial charge in [0.1, 0.15) is 11.4 Å². The summed E-state index contributed by atoms with van der Waals surface area (Å²) in [6.45, 7) is 2.97. The summed E-state index contributed by atoms with van der Waals surface area (Å²) < 4.78 is 18.2. The van der Waals surface area contributed by atoms with Crippen LogP contribution in [0.2, 0.25) is 0 Å². The molecule has 0 aromatic heterocycles. The van der Waals surface area contributed by atoms with E-state index < -0.39 is 5.54 Å². The Bertz CT molecular complexity index is 720. The van der Waals surface area contributed by atoms with Crippen LogP contribution in [0.3, 0.4) is 0 Å². The number of nitrogens with zero attached hydrogens (tertiary/aromatic N) is 1. The number of rotatable bonds is 5. The van der Waals surface area contributed by atoms with E-state index in [1.807, 2.05) is 0 Å². The summed E-state index contributed by atoms with van der Waals surface area (Å²) in [5, 5.41) is 2.97. The maximum Gasteiger partial charge on any atom is 0.331 e. The van der Waals surface area contributed by atoms with Crippen LogP contribution in [0.4, 0.5) is 4.39 Å². The smallest absolute Gasteiger partial charge is 0.331 e. The Morgan fingerprint density at radius 3 is 2.32 bits per heavy atom. The first-order valence-corrected chi connectivity index (χ1v) is 9.99. The lowest BCUT2D eigenvalue weighted by molar-refractivity contribution is -0.153. The van der Waals surface area contributed by atoms with Gasteiger partial charge in [-0.1, -0.05) is 12.8 Å². The van der Waals surface area contributed by atoms with Gasteiger partial charge in [0.25, 0.3) is 5.91 Å². The van der Waals surface area contributed by atoms with Gasteiger partial charge in [-0.2, -0.15) is 0 Å². The highest BCUT2D eigenvalue weighted by atomic mass is 19.1. The van der Waals surface area contributed by atoms with Gasteiger partial charge in [-0.3, -0.25) is 9.59 Å². The van der Waals surface area contributed by atoms with Crippen molar-refractivity contribution in [1.29, 1.82) is 0 Å². The number of ether oxygens (including phenoxy) is 1. The van der Waals surface area contributed by atoms with Crippen LogP contribution in [0.1, 0.15) is 55.8 Å². The van der Waals surface area contributed by atoms with Crippen LogP contribution in [-0.4, -0.2) is 47.9 Å². The number of benzene rings is 1. The zero-order valence-electron chi connectivity index (χ0n) is 16.2. The minimum atomic E-state index is -0.895. The van der Waals surface area contributed by atoms with Gasteiger partial charge in [-0.05, 0) is 56.9 Å². The van der Waals surface area contributed by atoms with Crippen LogP contribution in [0.15, 0.2) is 24.3 Å². The standard InChI is InChI=1S/C21H27FN2O4/c1-2-28-20(27)21(11-3-4-12-21)23-18(25)15-9-13-24(14-10-15)19(26)16-5-7-17(22)8-6-16/h5-8,15H,2-4,9-14H2,1H3,(H,23,25). The number of hydrogen-bond donors (Lipinski definition) is 1. The molecule has 7 heteroatoms. The average Bonchev–Trinajstić information content (AvgIpc) is 3.18. The summed E-state index contributed by atoms with van der Waals surface area (Å²) in [7, 11) is 0. The molecule has 0 unspecified atom stereocenters. The molecule has 6 nitrogen and oxygen atoms in total. The molecule has 1 heterocycles. The Hall–Kier alpha value is -2.44. The van der Waals surface area contributed by atoms with Crippen LogP contribution in [0, 0.1) is 11.7 Å². The second kappa shape index (κ2) is 8.71. The topological polar surface area (TPSA) is 75.7 Å². The van der Waals surface area contributed by atoms with Gasteiger partial charge in [0, 0.05) is 24.6 Å². The molecule has 1 aliphatic heterocycles. The van der Waals surface area contributed by atoms with Crippen molar-refractivity contribution < 1.29 is 23.5 Å². The molecule has 1 N–H and O–H groups in total. The van der Waals surface area contributed by atoms with Gasteiger partial charge in [-0.15, -0.1) is 0 Å². The molecule has 1 aromatic carbocycles. The summed E-state index contributed by atoms with van der Waals surface area (Å²) in [5.74, 6) is -1.25. The Morgan fingerprint density at radius 2 is 1.75 bits per heavy atom. The van der Waals surface area contributed by atoms with E-state index in [2.05, 4.69) is 5.32 Å². The summed E-state index contributed by atoms with van der Waals surface area (Å²) in [6.07, 6.45) is 4.09. The van der Waals surface area contributed by atoms with Crippen molar-refractivity contribution in [2.45, 2.75) is 51.0 Å². The normalized spacial score (nSPS) is 19.3. The first kappa shape index (κ1) is 20.3. The van der Waals surface area contributed by atoms with E-state index in [9.17, 15) is 18.8 Å². The van der Waals surface area contributed by atoms with Crippen LogP contribution < -0.4 is 5.32 Å². The van der Waals surface area contributed by atoms with Gasteiger partial charge in [0.15, 0.2) is 0 Å². The molecule has 2 amide bonds. The molecule has 2 aliphatic rings. The molecule has 1 saturated heterocycles. The summed E-state index contributed by atoms with van der Waals surface area (Å²) in [5.41, 5.74) is -0.453. The molecule has 2 fully saturated rings. The van der Waals surface area contributed by atoms with E-state index in [1.54, 1.807) is 11.8 Å². The number of hydrogen-bond acceptors (Lipinski definition) is 4. The molecule has 152 valence electrons. The minimum Gasteiger partial charge on any atom is -0.464 e. The third-order valence-corrected chi connectivity index (χ3v) is 5.73. The summed E-state index contributed by atoms with van der Waals surface area (Å²) >= 11 is 0. The average molecular weight is 390 g/mol. The van der Waals surface area contributed by atoms with Crippen molar-refractivity contribution in [3.8, 4) is 0 Å². The molecule has 0 bridgehead atoms. The summed E-state index contributed by atoms with van der Waals surface area (Å²) in [6, 6.07) is 5.48. The number of amides is 2. The first-order chi connectivity index (χ1) is 13.4. The number of carbonyl (C=O) groups excluding carboxylic acids is 3. The molecule has 0 radical (unpaired) electrons. The SMILES string of the molecule is CCOC(=O)C1(NC(=O)C2CCN(C(=O)c3ccc(F)cc3)CC2)CCCC1. The highest BCUT2D eigenvalue weighted by Crippen LogP contribution is 2.32. The third-order valence-electron chi connectivity index (χ3n) is 5.73. The molecule has 1 aromatic rings. The Balaban J connectivity index is 1.56. The Kier molecular flexibility index (Phi) is 6.31. The predicted molar refractivity (Wildman–Crippen MR) is 101 cm³/mol. The van der Waals surface area contributed by atoms with Gasteiger partial charge in [-0.25, -0.2) is 9.18 Å². The summed E-state index contributed by atoms with van der Waals surface area (Å²) in [4.78, 5) is 39.4. The van der Waals surface area contributed by atoms with E-state index in [-0.39, 0.29) is 29.5 Å². The van der Waals surface area contributed by atoms with Crippen LogP contribution in [0.25, 0.3) is 0 Å². The largest absolute Gasteiger partial charge is 0.464 e. The number of nitrogens with one attached hydrogen (secondary N) is 1. The number of likely N-dealkylation sites (tertiary alicyclic amines) is 1. The number of esters is 1. The van der Waals surface area contributed by atoms with Gasteiger partial charge >= 0.3 is 5.97 Å². The fraction of sp³-hybridized carbons (Fsp3) is 0.571. The van der Waals surface area contributed by atoms with E-state index in [1.165, 1.54) is 24.3 Å². The van der Waals surface area contributed by atoms with Gasteiger partial charge in [0.2, 0.25) is 5.91 Å². The van der Waals surface area contributed by atoms with Crippen molar-refractivity contribution in [2.75, 3.05) is 19.7 Å². The minimum absolute atomic E-state index is 0.135. The third kappa shape index (κ3) is 4.34. The van der Waals surface area contributed by atoms with Crippen molar-refractivity contribution in [1.82, 2.24) is 10.2 Å². The monoisotopic (exact) mass is 390 g/mol. The maximum atomic E-state index is 13.0. The van der Waals surface area contributed by atoms with Crippen molar-refractivity contribution in [2.24, 2.45) is 5.92 Å². The van der Waals surface area contributed by atoms with E-state index >= 15 is 0 Å². The zero-order chi connectivity index (χ0) is 20.1. The fourth-order valence-electron chi connectivity index (χ4n) is 4.09. The van der Waals surface area contributed by atoms with Gasteiger partial charge < -0.3 is 15.0 Å². The lowest BCUT2D eigenvalue weighted by Gasteiger charge is -2.34. The fourth-order valence-corrected chi connectivity index (χ4v) is 4.09. The van der Waals surface area contributed by atoms with Crippen LogP contribution in [-0.2, 0) is 14.3 Å². The predicted octanol–water partition coefficient (Wildman–Crippen LogP) is 2.67. The molecule has 28 heavy (non-hydrogen) atoms. The maximum absolute atomic E-state index is 13.0. The van der Waals surface area contributed by atoms with Gasteiger partial charge in [0.05, 0.1) is 6.61 Å². The van der Waals surface area contributed by atoms with E-state index in [0.717, 1.165) is 12.8 Å². The molecule has 1 saturated carbocycles. The first-order valence-electron chi connectivity index (χ1n) is 9.99. The van der Waals surface area contributed by atoms with Crippen molar-refractivity contribution >= 4 is 17.8 Å². The molecular formula is C21H27FN2O4. The van der Waals surface area contributed by atoms with E-state index in [4.69, 9.17) is 4.74 Å². The van der Waals surface area contributed by atoms with Crippen molar-refractivity contribution in [3.05, 3.63) is 35.6 Å².